The molecule has 0 spiro atoms. The lowest BCUT2D eigenvalue weighted by Gasteiger charge is -2.29. The first kappa shape index (κ1) is 12.7. The van der Waals surface area contributed by atoms with E-state index < -0.39 is 0 Å². The van der Waals surface area contributed by atoms with Crippen molar-refractivity contribution in [2.75, 3.05) is 12.3 Å². The number of pyridine rings is 1. The number of amides is 1. The number of aromatic nitrogens is 1. The highest BCUT2D eigenvalue weighted by molar-refractivity contribution is 5.94. The van der Waals surface area contributed by atoms with Crippen molar-refractivity contribution in [3.05, 3.63) is 58.9 Å². The summed E-state index contributed by atoms with van der Waals surface area (Å²) in [7, 11) is 0. The molecule has 0 bridgehead atoms. The zero-order chi connectivity index (χ0) is 14.1. The van der Waals surface area contributed by atoms with Crippen LogP contribution < -0.4 is 5.73 Å². The third-order valence-electron chi connectivity index (χ3n) is 3.73. The van der Waals surface area contributed by atoms with Crippen LogP contribution >= 0.6 is 0 Å². The van der Waals surface area contributed by atoms with Gasteiger partial charge in [-0.25, -0.2) is 0 Å². The van der Waals surface area contributed by atoms with Gasteiger partial charge in [0.05, 0.1) is 0 Å². The summed E-state index contributed by atoms with van der Waals surface area (Å²) in [5.74, 6) is 0.0589. The van der Waals surface area contributed by atoms with Crippen LogP contribution in [0.4, 0.5) is 5.69 Å². The molecule has 1 aromatic carbocycles. The zero-order valence-corrected chi connectivity index (χ0v) is 11.5. The Morgan fingerprint density at radius 1 is 1.35 bits per heavy atom. The molecule has 20 heavy (non-hydrogen) atoms. The van der Waals surface area contributed by atoms with Gasteiger partial charge in [0.2, 0.25) is 0 Å². The van der Waals surface area contributed by atoms with Gasteiger partial charge >= 0.3 is 0 Å². The van der Waals surface area contributed by atoms with Crippen LogP contribution in [0, 0.1) is 6.92 Å². The van der Waals surface area contributed by atoms with Crippen LogP contribution in [0.15, 0.2) is 36.5 Å². The number of nitrogens with two attached hydrogens (primary N) is 1. The van der Waals surface area contributed by atoms with Crippen LogP contribution in [0.5, 0.6) is 0 Å². The van der Waals surface area contributed by atoms with E-state index in [1.165, 1.54) is 5.56 Å². The normalized spacial score (nSPS) is 13.9. The maximum atomic E-state index is 12.5. The Hall–Kier alpha value is -2.36. The van der Waals surface area contributed by atoms with E-state index in [0.717, 1.165) is 23.4 Å². The zero-order valence-electron chi connectivity index (χ0n) is 11.5. The summed E-state index contributed by atoms with van der Waals surface area (Å²) in [6.45, 7) is 3.23. The number of benzene rings is 1. The quantitative estimate of drug-likeness (QED) is 0.806. The minimum atomic E-state index is 0.0589. The van der Waals surface area contributed by atoms with Gasteiger partial charge in [-0.2, -0.15) is 0 Å². The summed E-state index contributed by atoms with van der Waals surface area (Å²) in [5, 5.41) is 0. The maximum Gasteiger partial charge on any atom is 0.254 e. The topological polar surface area (TPSA) is 59.2 Å². The number of carbonyl (C=O) groups is 1. The van der Waals surface area contributed by atoms with Gasteiger partial charge < -0.3 is 10.6 Å². The molecule has 0 saturated heterocycles. The largest absolute Gasteiger partial charge is 0.398 e. The van der Waals surface area contributed by atoms with Crippen molar-refractivity contribution in [2.45, 2.75) is 19.9 Å². The smallest absolute Gasteiger partial charge is 0.254 e. The number of hydrogen-bond donors (Lipinski definition) is 1. The van der Waals surface area contributed by atoms with Gasteiger partial charge in [0.25, 0.3) is 5.91 Å². The second-order valence-electron chi connectivity index (χ2n) is 5.15. The lowest BCUT2D eigenvalue weighted by atomic mass is 9.97. The van der Waals surface area contributed by atoms with Crippen LogP contribution in [0.25, 0.3) is 0 Å². The molecule has 2 aromatic rings. The molecule has 3 rings (SSSR count). The van der Waals surface area contributed by atoms with Gasteiger partial charge in [-0.05, 0) is 42.7 Å². The number of fused-ring (bicyclic) bond motifs is 1. The van der Waals surface area contributed by atoms with Crippen LogP contribution in [-0.2, 0) is 13.0 Å². The van der Waals surface area contributed by atoms with E-state index in [9.17, 15) is 4.79 Å². The molecule has 4 nitrogen and oxygen atoms in total. The Morgan fingerprint density at radius 3 is 3.00 bits per heavy atom. The summed E-state index contributed by atoms with van der Waals surface area (Å²) < 4.78 is 0. The predicted octanol–water partition coefficient (Wildman–Crippen LogP) is 2.17. The van der Waals surface area contributed by atoms with Crippen LogP contribution in [0.3, 0.4) is 0 Å². The van der Waals surface area contributed by atoms with E-state index in [4.69, 9.17) is 5.73 Å². The Kier molecular flexibility index (Phi) is 3.14. The summed E-state index contributed by atoms with van der Waals surface area (Å²) in [6, 6.07) is 9.51. The van der Waals surface area contributed by atoms with E-state index in [0.29, 0.717) is 18.7 Å². The second-order valence-corrected chi connectivity index (χ2v) is 5.15. The summed E-state index contributed by atoms with van der Waals surface area (Å²) in [6.07, 6.45) is 2.50. The highest BCUT2D eigenvalue weighted by Crippen LogP contribution is 2.25. The standard InChI is InChI=1S/C16H17N3O/c1-11-9-12(5-7-18-11)16(20)19-8-6-14-13(10-19)3-2-4-15(14)17/h2-5,7,9H,6,8,10,17H2,1H3. The van der Waals surface area contributed by atoms with Gasteiger partial charge in [0.15, 0.2) is 0 Å². The first-order valence-electron chi connectivity index (χ1n) is 6.73. The lowest BCUT2D eigenvalue weighted by molar-refractivity contribution is 0.0734. The molecule has 1 aromatic heterocycles. The summed E-state index contributed by atoms with van der Waals surface area (Å²) in [5.41, 5.74) is 10.7. The van der Waals surface area contributed by atoms with Crippen LogP contribution in [0.1, 0.15) is 27.2 Å². The molecular formula is C16H17N3O. The Morgan fingerprint density at radius 2 is 2.20 bits per heavy atom. The van der Waals surface area contributed by atoms with Crippen LogP contribution in [0.2, 0.25) is 0 Å². The van der Waals surface area contributed by atoms with Crippen molar-refractivity contribution < 1.29 is 4.79 Å². The van der Waals surface area contributed by atoms with Crippen molar-refractivity contribution >= 4 is 11.6 Å². The molecule has 0 aliphatic carbocycles. The number of carbonyl (C=O) groups excluding carboxylic acids is 1. The summed E-state index contributed by atoms with van der Waals surface area (Å²) >= 11 is 0. The molecule has 1 amide bonds. The van der Waals surface area contributed by atoms with Gasteiger partial charge in [-0.3, -0.25) is 9.78 Å². The fourth-order valence-corrected chi connectivity index (χ4v) is 2.67. The fourth-order valence-electron chi connectivity index (χ4n) is 2.67. The minimum Gasteiger partial charge on any atom is -0.398 e. The average molecular weight is 267 g/mol. The Bertz CT molecular complexity index is 667. The monoisotopic (exact) mass is 267 g/mol. The van der Waals surface area contributed by atoms with Gasteiger partial charge in [-0.15, -0.1) is 0 Å². The van der Waals surface area contributed by atoms with E-state index >= 15 is 0 Å². The number of aryl methyl sites for hydroxylation is 1. The first-order chi connectivity index (χ1) is 9.65. The SMILES string of the molecule is Cc1cc(C(=O)N2CCc3c(N)cccc3C2)ccn1. The lowest BCUT2D eigenvalue weighted by Crippen LogP contribution is -2.36. The highest BCUT2D eigenvalue weighted by atomic mass is 16.2. The van der Waals surface area contributed by atoms with Crippen molar-refractivity contribution in [2.24, 2.45) is 0 Å². The molecule has 0 radical (unpaired) electrons. The third-order valence-corrected chi connectivity index (χ3v) is 3.73. The predicted molar refractivity (Wildman–Crippen MR) is 78.3 cm³/mol. The van der Waals surface area contributed by atoms with E-state index in [-0.39, 0.29) is 5.91 Å². The molecule has 2 N–H and O–H groups in total. The Labute approximate surface area is 118 Å². The molecule has 1 aliphatic rings. The van der Waals surface area contributed by atoms with E-state index in [2.05, 4.69) is 4.98 Å². The van der Waals surface area contributed by atoms with Crippen molar-refractivity contribution in [3.63, 3.8) is 0 Å². The number of nitrogen functional groups attached to an aromatic ring is 1. The molecule has 1 aliphatic heterocycles. The van der Waals surface area contributed by atoms with E-state index in [1.54, 1.807) is 12.3 Å². The van der Waals surface area contributed by atoms with Gasteiger partial charge in [-0.1, -0.05) is 12.1 Å². The van der Waals surface area contributed by atoms with Crippen molar-refractivity contribution in [1.82, 2.24) is 9.88 Å². The van der Waals surface area contributed by atoms with E-state index in [1.807, 2.05) is 36.1 Å². The average Bonchev–Trinajstić information content (AvgIpc) is 2.46. The maximum absolute atomic E-state index is 12.5. The first-order valence-corrected chi connectivity index (χ1v) is 6.73. The number of hydrogen-bond acceptors (Lipinski definition) is 3. The number of anilines is 1. The number of rotatable bonds is 1. The van der Waals surface area contributed by atoms with Gasteiger partial charge in [0.1, 0.15) is 0 Å². The van der Waals surface area contributed by atoms with Crippen molar-refractivity contribution in [1.29, 1.82) is 0 Å². The molecule has 2 heterocycles. The summed E-state index contributed by atoms with van der Waals surface area (Å²) in [4.78, 5) is 18.5. The van der Waals surface area contributed by atoms with Crippen LogP contribution in [-0.4, -0.2) is 22.3 Å². The highest BCUT2D eigenvalue weighted by Gasteiger charge is 2.22. The van der Waals surface area contributed by atoms with Gasteiger partial charge in [0, 0.05) is 36.2 Å². The molecule has 0 atom stereocenters. The molecule has 0 saturated carbocycles. The molecule has 0 fully saturated rings. The molecule has 102 valence electrons. The second kappa shape index (κ2) is 4.96. The van der Waals surface area contributed by atoms with Crippen molar-refractivity contribution in [3.8, 4) is 0 Å². The molecular weight excluding hydrogens is 250 g/mol. The molecule has 4 heteroatoms. The minimum absolute atomic E-state index is 0.0589. The third kappa shape index (κ3) is 2.25. The Balaban J connectivity index is 1.85. The number of nitrogens with zero attached hydrogens (tertiary/aromatic N) is 2. The molecule has 0 unspecified atom stereocenters. The fraction of sp³-hybridized carbons (Fsp3) is 0.250.